The SMILES string of the molecule is Cc1ccc(COc2cc(C)c3c(c2)O/C(=C\c2sccc2C)C3=O)cc1. The summed E-state index contributed by atoms with van der Waals surface area (Å²) in [5.41, 5.74) is 4.95. The monoisotopic (exact) mass is 376 g/mol. The van der Waals surface area contributed by atoms with Crippen molar-refractivity contribution in [3.8, 4) is 11.5 Å². The third-order valence-corrected chi connectivity index (χ3v) is 5.60. The first kappa shape index (κ1) is 17.6. The molecule has 0 aliphatic carbocycles. The van der Waals surface area contributed by atoms with E-state index in [0.29, 0.717) is 29.4 Å². The number of hydrogen-bond donors (Lipinski definition) is 0. The van der Waals surface area contributed by atoms with E-state index in [2.05, 4.69) is 31.2 Å². The lowest BCUT2D eigenvalue weighted by molar-refractivity contribution is 0.101. The highest BCUT2D eigenvalue weighted by molar-refractivity contribution is 7.11. The van der Waals surface area contributed by atoms with E-state index in [1.165, 1.54) is 5.56 Å². The lowest BCUT2D eigenvalue weighted by atomic mass is 10.0. The van der Waals surface area contributed by atoms with Crippen LogP contribution in [0.1, 0.15) is 37.5 Å². The van der Waals surface area contributed by atoms with Crippen molar-refractivity contribution in [1.82, 2.24) is 0 Å². The average Bonchev–Trinajstić information content (AvgIpc) is 3.18. The Kier molecular flexibility index (Phi) is 4.58. The van der Waals surface area contributed by atoms with E-state index in [1.807, 2.05) is 37.4 Å². The topological polar surface area (TPSA) is 35.5 Å². The van der Waals surface area contributed by atoms with Crippen LogP contribution in [-0.2, 0) is 6.61 Å². The predicted octanol–water partition coefficient (Wildman–Crippen LogP) is 5.87. The number of ether oxygens (including phenoxy) is 2. The number of ketones is 1. The molecule has 0 bridgehead atoms. The number of carbonyl (C=O) groups is 1. The van der Waals surface area contributed by atoms with Crippen LogP contribution in [0, 0.1) is 20.8 Å². The fourth-order valence-corrected chi connectivity index (χ4v) is 3.91. The molecule has 2 heterocycles. The second kappa shape index (κ2) is 7.05. The van der Waals surface area contributed by atoms with Gasteiger partial charge in [-0.1, -0.05) is 29.8 Å². The summed E-state index contributed by atoms with van der Waals surface area (Å²) in [5, 5.41) is 2.01. The Labute approximate surface area is 162 Å². The number of thiophene rings is 1. The summed E-state index contributed by atoms with van der Waals surface area (Å²) in [6.07, 6.45) is 1.83. The molecule has 27 heavy (non-hydrogen) atoms. The molecule has 0 fully saturated rings. The predicted molar refractivity (Wildman–Crippen MR) is 109 cm³/mol. The Morgan fingerprint density at radius 3 is 2.52 bits per heavy atom. The van der Waals surface area contributed by atoms with Crippen molar-refractivity contribution in [2.24, 2.45) is 0 Å². The maximum atomic E-state index is 12.7. The van der Waals surface area contributed by atoms with Gasteiger partial charge in [0.05, 0.1) is 5.56 Å². The van der Waals surface area contributed by atoms with Crippen LogP contribution in [0.4, 0.5) is 0 Å². The molecule has 0 atom stereocenters. The number of Topliss-reactive ketones (excluding diaryl/α,β-unsaturated/α-hetero) is 1. The molecule has 0 spiro atoms. The Morgan fingerprint density at radius 2 is 1.81 bits per heavy atom. The van der Waals surface area contributed by atoms with Crippen LogP contribution in [0.2, 0.25) is 0 Å². The number of benzene rings is 2. The number of aryl methyl sites for hydroxylation is 3. The van der Waals surface area contributed by atoms with Crippen LogP contribution in [0.25, 0.3) is 6.08 Å². The van der Waals surface area contributed by atoms with Gasteiger partial charge in [-0.3, -0.25) is 4.79 Å². The van der Waals surface area contributed by atoms with E-state index < -0.39 is 0 Å². The molecule has 0 N–H and O–H groups in total. The van der Waals surface area contributed by atoms with Gasteiger partial charge in [0.25, 0.3) is 0 Å². The van der Waals surface area contributed by atoms with Gasteiger partial charge >= 0.3 is 0 Å². The van der Waals surface area contributed by atoms with E-state index >= 15 is 0 Å². The van der Waals surface area contributed by atoms with Crippen molar-refractivity contribution < 1.29 is 14.3 Å². The first-order chi connectivity index (χ1) is 13.0. The lowest BCUT2D eigenvalue weighted by Gasteiger charge is -2.09. The Hall–Kier alpha value is -2.85. The van der Waals surface area contributed by atoms with Gasteiger partial charge in [0, 0.05) is 17.0 Å². The molecule has 0 saturated carbocycles. The van der Waals surface area contributed by atoms with Crippen LogP contribution in [-0.4, -0.2) is 5.78 Å². The van der Waals surface area contributed by atoms with Gasteiger partial charge in [-0.15, -0.1) is 11.3 Å². The third-order valence-electron chi connectivity index (χ3n) is 4.63. The largest absolute Gasteiger partial charge is 0.489 e. The molecule has 1 aromatic heterocycles. The van der Waals surface area contributed by atoms with Crippen molar-refractivity contribution in [3.05, 3.63) is 86.3 Å². The average molecular weight is 376 g/mol. The van der Waals surface area contributed by atoms with Crippen LogP contribution < -0.4 is 9.47 Å². The molecule has 0 unspecified atom stereocenters. The van der Waals surface area contributed by atoms with Gasteiger partial charge in [-0.2, -0.15) is 0 Å². The fourth-order valence-electron chi connectivity index (χ4n) is 3.06. The standard InChI is InChI=1S/C23H20O3S/c1-14-4-6-17(7-5-14)13-25-18-10-16(3)22-19(11-18)26-20(23(22)24)12-21-15(2)8-9-27-21/h4-12H,13H2,1-3H3/b20-12-. The summed E-state index contributed by atoms with van der Waals surface area (Å²) in [4.78, 5) is 13.8. The van der Waals surface area contributed by atoms with Gasteiger partial charge in [-0.25, -0.2) is 0 Å². The maximum absolute atomic E-state index is 12.7. The first-order valence-electron chi connectivity index (χ1n) is 8.82. The van der Waals surface area contributed by atoms with Crippen molar-refractivity contribution in [1.29, 1.82) is 0 Å². The summed E-state index contributed by atoms with van der Waals surface area (Å²) < 4.78 is 11.8. The normalized spacial score (nSPS) is 14.3. The number of allylic oxidation sites excluding steroid dienone is 1. The quantitative estimate of drug-likeness (QED) is 0.534. The molecule has 0 saturated heterocycles. The highest BCUT2D eigenvalue weighted by Crippen LogP contribution is 2.38. The summed E-state index contributed by atoms with van der Waals surface area (Å²) in [7, 11) is 0. The van der Waals surface area contributed by atoms with Crippen LogP contribution in [0.5, 0.6) is 11.5 Å². The van der Waals surface area contributed by atoms with Crippen LogP contribution >= 0.6 is 11.3 Å². The lowest BCUT2D eigenvalue weighted by Crippen LogP contribution is -2.00. The van der Waals surface area contributed by atoms with Crippen LogP contribution in [0.15, 0.2) is 53.6 Å². The summed E-state index contributed by atoms with van der Waals surface area (Å²) >= 11 is 1.60. The number of rotatable bonds is 4. The maximum Gasteiger partial charge on any atom is 0.232 e. The van der Waals surface area contributed by atoms with Crippen molar-refractivity contribution in [2.45, 2.75) is 27.4 Å². The second-order valence-corrected chi connectivity index (χ2v) is 7.74. The summed E-state index contributed by atoms with van der Waals surface area (Å²) in [5.74, 6) is 1.57. The van der Waals surface area contributed by atoms with E-state index in [-0.39, 0.29) is 5.78 Å². The zero-order valence-corrected chi connectivity index (χ0v) is 16.4. The van der Waals surface area contributed by atoms with Gasteiger partial charge in [0.15, 0.2) is 5.76 Å². The summed E-state index contributed by atoms with van der Waals surface area (Å²) in [6, 6.07) is 14.0. The van der Waals surface area contributed by atoms with Crippen molar-refractivity contribution in [3.63, 3.8) is 0 Å². The fraction of sp³-hybridized carbons (Fsp3) is 0.174. The molecular formula is C23H20O3S. The molecule has 3 aromatic rings. The third kappa shape index (κ3) is 3.53. The minimum atomic E-state index is -0.0691. The van der Waals surface area contributed by atoms with E-state index in [1.54, 1.807) is 17.4 Å². The molecule has 0 radical (unpaired) electrons. The molecule has 1 aliphatic heterocycles. The van der Waals surface area contributed by atoms with E-state index in [4.69, 9.17) is 9.47 Å². The Morgan fingerprint density at radius 1 is 1.04 bits per heavy atom. The molecular weight excluding hydrogens is 356 g/mol. The van der Waals surface area contributed by atoms with Gasteiger partial charge in [0.2, 0.25) is 5.78 Å². The molecule has 4 rings (SSSR count). The Balaban J connectivity index is 1.57. The zero-order valence-electron chi connectivity index (χ0n) is 15.5. The van der Waals surface area contributed by atoms with Crippen molar-refractivity contribution >= 4 is 23.2 Å². The number of fused-ring (bicyclic) bond motifs is 1. The van der Waals surface area contributed by atoms with E-state index in [0.717, 1.165) is 21.6 Å². The van der Waals surface area contributed by atoms with Crippen molar-refractivity contribution in [2.75, 3.05) is 0 Å². The smallest absolute Gasteiger partial charge is 0.232 e. The van der Waals surface area contributed by atoms with E-state index in [9.17, 15) is 4.79 Å². The van der Waals surface area contributed by atoms with Gasteiger partial charge in [0.1, 0.15) is 18.1 Å². The number of hydrogen-bond acceptors (Lipinski definition) is 4. The molecule has 4 heteroatoms. The molecule has 2 aromatic carbocycles. The molecule has 0 amide bonds. The van der Waals surface area contributed by atoms with Gasteiger partial charge < -0.3 is 9.47 Å². The summed E-state index contributed by atoms with van der Waals surface area (Å²) in [6.45, 7) is 6.48. The highest BCUT2D eigenvalue weighted by Gasteiger charge is 2.30. The minimum Gasteiger partial charge on any atom is -0.489 e. The molecule has 136 valence electrons. The number of carbonyl (C=O) groups excluding carboxylic acids is 1. The van der Waals surface area contributed by atoms with Gasteiger partial charge in [-0.05, 0) is 55.0 Å². The second-order valence-electron chi connectivity index (χ2n) is 6.80. The Bertz CT molecular complexity index is 1040. The first-order valence-corrected chi connectivity index (χ1v) is 9.70. The molecule has 1 aliphatic rings. The highest BCUT2D eigenvalue weighted by atomic mass is 32.1. The molecule has 3 nitrogen and oxygen atoms in total. The zero-order chi connectivity index (χ0) is 19.0. The minimum absolute atomic E-state index is 0.0691. The van der Waals surface area contributed by atoms with Crippen LogP contribution in [0.3, 0.4) is 0 Å².